The lowest BCUT2D eigenvalue weighted by molar-refractivity contribution is 0.102. The molecule has 0 unspecified atom stereocenters. The summed E-state index contributed by atoms with van der Waals surface area (Å²) in [5.41, 5.74) is 1.17. The second kappa shape index (κ2) is 6.61. The summed E-state index contributed by atoms with van der Waals surface area (Å²) in [5, 5.41) is 11.9. The number of hydrogen-bond donors (Lipinski definition) is 1. The predicted molar refractivity (Wildman–Crippen MR) is 84.8 cm³/mol. The van der Waals surface area contributed by atoms with E-state index in [2.05, 4.69) is 21.2 Å². The Kier molecular flexibility index (Phi) is 4.84. The summed E-state index contributed by atoms with van der Waals surface area (Å²) < 4.78 is 5.99. The molecule has 0 bridgehead atoms. The van der Waals surface area contributed by atoms with Crippen LogP contribution in [0.3, 0.4) is 0 Å². The Balaban J connectivity index is 2.32. The fraction of sp³-hybridized carbons (Fsp3) is 0.0667. The third-order valence-electron chi connectivity index (χ3n) is 2.75. The Hall–Kier alpha value is -2.03. The number of rotatable bonds is 3. The van der Waals surface area contributed by atoms with Gasteiger partial charge in [0.25, 0.3) is 5.91 Å². The van der Waals surface area contributed by atoms with E-state index in [9.17, 15) is 4.79 Å². The fourth-order valence-electron chi connectivity index (χ4n) is 1.73. The Bertz CT molecular complexity index is 741. The molecular formula is C15H10BrClN2O2. The average Bonchev–Trinajstić information content (AvgIpc) is 2.49. The van der Waals surface area contributed by atoms with Gasteiger partial charge in [-0.15, -0.1) is 0 Å². The van der Waals surface area contributed by atoms with Gasteiger partial charge in [-0.3, -0.25) is 4.79 Å². The van der Waals surface area contributed by atoms with Crippen molar-refractivity contribution in [1.29, 1.82) is 5.26 Å². The van der Waals surface area contributed by atoms with Gasteiger partial charge in [0, 0.05) is 4.47 Å². The molecule has 0 saturated carbocycles. The molecule has 0 radical (unpaired) electrons. The van der Waals surface area contributed by atoms with Gasteiger partial charge in [0.05, 0.1) is 35.0 Å². The van der Waals surface area contributed by atoms with Crippen molar-refractivity contribution in [2.45, 2.75) is 0 Å². The van der Waals surface area contributed by atoms with E-state index in [0.717, 1.165) is 4.47 Å². The van der Waals surface area contributed by atoms with E-state index >= 15 is 0 Å². The highest BCUT2D eigenvalue weighted by Crippen LogP contribution is 2.27. The van der Waals surface area contributed by atoms with Gasteiger partial charge in [0.15, 0.2) is 0 Å². The number of carbonyl (C=O) groups is 1. The van der Waals surface area contributed by atoms with Crippen molar-refractivity contribution in [3.63, 3.8) is 0 Å². The number of nitriles is 1. The lowest BCUT2D eigenvalue weighted by Crippen LogP contribution is -2.13. The van der Waals surface area contributed by atoms with Crippen molar-refractivity contribution in [3.05, 3.63) is 57.0 Å². The van der Waals surface area contributed by atoms with E-state index < -0.39 is 0 Å². The topological polar surface area (TPSA) is 62.1 Å². The molecule has 0 aliphatic heterocycles. The molecule has 6 heteroatoms. The molecule has 0 aliphatic carbocycles. The molecule has 2 rings (SSSR count). The van der Waals surface area contributed by atoms with Crippen molar-refractivity contribution in [3.8, 4) is 11.8 Å². The normalized spacial score (nSPS) is 9.81. The minimum atomic E-state index is -0.365. The van der Waals surface area contributed by atoms with Gasteiger partial charge in [-0.1, -0.05) is 27.5 Å². The van der Waals surface area contributed by atoms with Crippen LogP contribution in [-0.4, -0.2) is 13.0 Å². The van der Waals surface area contributed by atoms with Crippen molar-refractivity contribution in [2.24, 2.45) is 0 Å². The molecule has 0 aromatic heterocycles. The monoisotopic (exact) mass is 364 g/mol. The number of amides is 1. The minimum absolute atomic E-state index is 0.360. The summed E-state index contributed by atoms with van der Waals surface area (Å²) in [6, 6.07) is 11.7. The van der Waals surface area contributed by atoms with E-state index in [1.807, 2.05) is 6.07 Å². The van der Waals surface area contributed by atoms with Crippen molar-refractivity contribution in [2.75, 3.05) is 12.4 Å². The first-order chi connectivity index (χ1) is 10.0. The van der Waals surface area contributed by atoms with Crippen molar-refractivity contribution >= 4 is 39.1 Å². The first-order valence-corrected chi connectivity index (χ1v) is 7.07. The molecule has 4 nitrogen and oxygen atoms in total. The molecule has 106 valence electrons. The lowest BCUT2D eigenvalue weighted by Gasteiger charge is -2.11. The Labute approximate surface area is 135 Å². The van der Waals surface area contributed by atoms with E-state index in [1.165, 1.54) is 13.2 Å². The highest BCUT2D eigenvalue weighted by Gasteiger charge is 2.14. The van der Waals surface area contributed by atoms with Crippen LogP contribution >= 0.6 is 27.5 Å². The lowest BCUT2D eigenvalue weighted by atomic mass is 10.1. The van der Waals surface area contributed by atoms with E-state index in [-0.39, 0.29) is 5.91 Å². The van der Waals surface area contributed by atoms with Crippen LogP contribution in [0.1, 0.15) is 15.9 Å². The summed E-state index contributed by atoms with van der Waals surface area (Å²) in [6.45, 7) is 0. The molecule has 1 N–H and O–H groups in total. The summed E-state index contributed by atoms with van der Waals surface area (Å²) in [6.07, 6.45) is 0. The number of hydrogen-bond acceptors (Lipinski definition) is 3. The number of anilines is 1. The smallest absolute Gasteiger partial charge is 0.259 e. The molecule has 21 heavy (non-hydrogen) atoms. The maximum absolute atomic E-state index is 12.3. The zero-order valence-corrected chi connectivity index (χ0v) is 13.3. The summed E-state index contributed by atoms with van der Waals surface area (Å²) in [7, 11) is 1.49. The van der Waals surface area contributed by atoms with Gasteiger partial charge in [0.1, 0.15) is 5.75 Å². The zero-order chi connectivity index (χ0) is 15.4. The maximum Gasteiger partial charge on any atom is 0.259 e. The van der Waals surface area contributed by atoms with E-state index in [0.29, 0.717) is 27.6 Å². The van der Waals surface area contributed by atoms with Gasteiger partial charge in [-0.25, -0.2) is 0 Å². The third-order valence-corrected chi connectivity index (χ3v) is 3.57. The fourth-order valence-corrected chi connectivity index (χ4v) is 2.24. The first-order valence-electron chi connectivity index (χ1n) is 5.89. The number of nitrogens with one attached hydrogen (secondary N) is 1. The molecule has 0 atom stereocenters. The Morgan fingerprint density at radius 2 is 2.10 bits per heavy atom. The molecular weight excluding hydrogens is 356 g/mol. The average molecular weight is 366 g/mol. The second-order valence-electron chi connectivity index (χ2n) is 4.11. The van der Waals surface area contributed by atoms with Gasteiger partial charge in [-0.2, -0.15) is 5.26 Å². The van der Waals surface area contributed by atoms with Gasteiger partial charge < -0.3 is 10.1 Å². The SMILES string of the molecule is COc1cc(Br)ccc1C(=O)Nc1cc(C#N)ccc1Cl. The highest BCUT2D eigenvalue weighted by atomic mass is 79.9. The number of nitrogens with zero attached hydrogens (tertiary/aromatic N) is 1. The largest absolute Gasteiger partial charge is 0.496 e. The number of ether oxygens (including phenoxy) is 1. The van der Waals surface area contributed by atoms with Crippen LogP contribution in [0.15, 0.2) is 40.9 Å². The number of carbonyl (C=O) groups excluding carboxylic acids is 1. The number of halogens is 2. The zero-order valence-electron chi connectivity index (χ0n) is 11.0. The van der Waals surface area contributed by atoms with Crippen LogP contribution < -0.4 is 10.1 Å². The predicted octanol–water partition coefficient (Wildman–Crippen LogP) is 4.24. The van der Waals surface area contributed by atoms with Gasteiger partial charge in [-0.05, 0) is 36.4 Å². The highest BCUT2D eigenvalue weighted by molar-refractivity contribution is 9.10. The Morgan fingerprint density at radius 1 is 1.33 bits per heavy atom. The van der Waals surface area contributed by atoms with Gasteiger partial charge in [0.2, 0.25) is 0 Å². The van der Waals surface area contributed by atoms with Crippen molar-refractivity contribution in [1.82, 2.24) is 0 Å². The Morgan fingerprint density at radius 3 is 2.76 bits per heavy atom. The molecule has 1 amide bonds. The molecule has 0 saturated heterocycles. The standard InChI is InChI=1S/C15H10BrClN2O2/c1-21-14-7-10(16)3-4-11(14)15(20)19-13-6-9(8-18)2-5-12(13)17/h2-7H,1H3,(H,19,20). The molecule has 2 aromatic carbocycles. The van der Waals surface area contributed by atoms with Crippen LogP contribution in [0.25, 0.3) is 0 Å². The number of methoxy groups -OCH3 is 1. The molecule has 2 aromatic rings. The first kappa shape index (κ1) is 15.4. The van der Waals surface area contributed by atoms with Gasteiger partial charge >= 0.3 is 0 Å². The van der Waals surface area contributed by atoms with Crippen LogP contribution in [0.5, 0.6) is 5.75 Å². The second-order valence-corrected chi connectivity index (χ2v) is 5.43. The molecule has 0 spiro atoms. The van der Waals surface area contributed by atoms with Crippen molar-refractivity contribution < 1.29 is 9.53 Å². The summed E-state index contributed by atoms with van der Waals surface area (Å²) in [5.74, 6) is 0.0748. The number of benzene rings is 2. The quantitative estimate of drug-likeness (QED) is 0.885. The van der Waals surface area contributed by atoms with E-state index in [4.69, 9.17) is 21.6 Å². The molecule has 0 heterocycles. The summed E-state index contributed by atoms with van der Waals surface area (Å²) in [4.78, 5) is 12.3. The van der Waals surface area contributed by atoms with E-state index in [1.54, 1.807) is 30.3 Å². The van der Waals surface area contributed by atoms with Crippen LogP contribution in [0.2, 0.25) is 5.02 Å². The molecule has 0 fully saturated rings. The van der Waals surface area contributed by atoms with Crippen LogP contribution in [-0.2, 0) is 0 Å². The van der Waals surface area contributed by atoms with Crippen LogP contribution in [0, 0.1) is 11.3 Å². The summed E-state index contributed by atoms with van der Waals surface area (Å²) >= 11 is 9.34. The minimum Gasteiger partial charge on any atom is -0.496 e. The molecule has 0 aliphatic rings. The maximum atomic E-state index is 12.3. The van der Waals surface area contributed by atoms with Crippen LogP contribution in [0.4, 0.5) is 5.69 Å². The third kappa shape index (κ3) is 3.54.